The maximum Gasteiger partial charge on any atom is 0.305 e. The van der Waals surface area contributed by atoms with Crippen molar-refractivity contribution in [2.45, 2.75) is 42.2 Å². The Morgan fingerprint density at radius 1 is 1.21 bits per heavy atom. The van der Waals surface area contributed by atoms with Crippen LogP contribution in [0, 0.1) is 0 Å². The summed E-state index contributed by atoms with van der Waals surface area (Å²) in [6, 6.07) is 7.19. The molecule has 0 bridgehead atoms. The Bertz CT molecular complexity index is 669. The molecule has 1 atom stereocenters. The van der Waals surface area contributed by atoms with Crippen LogP contribution in [-0.2, 0) is 19.6 Å². The van der Waals surface area contributed by atoms with Gasteiger partial charge in [-0.1, -0.05) is 46.2 Å². The third-order valence-electron chi connectivity index (χ3n) is 3.94. The minimum absolute atomic E-state index is 0.0306. The van der Waals surface area contributed by atoms with E-state index in [1.54, 1.807) is 6.07 Å². The molecule has 0 spiro atoms. The summed E-state index contributed by atoms with van der Waals surface area (Å²) in [5.41, 5.74) is 0. The molecule has 0 saturated carbocycles. The second-order valence-corrected chi connectivity index (χ2v) is 11.7. The molecule has 0 unspecified atom stereocenters. The summed E-state index contributed by atoms with van der Waals surface area (Å²) in [6.45, 7) is 1.42. The van der Waals surface area contributed by atoms with Gasteiger partial charge in [-0.15, -0.1) is 0 Å². The summed E-state index contributed by atoms with van der Waals surface area (Å²) < 4.78 is 36.9. The van der Waals surface area contributed by atoms with Crippen LogP contribution >= 0.6 is 21.6 Å². The minimum atomic E-state index is -4.25. The number of likely N-dealkylation sites (N-methyl/N-ethyl adjacent to an activating group) is 1. The highest BCUT2D eigenvalue weighted by Crippen LogP contribution is 2.39. The number of benzene rings is 1. The van der Waals surface area contributed by atoms with Crippen molar-refractivity contribution in [1.82, 2.24) is 0 Å². The quantitative estimate of drug-likeness (QED) is 0.187. The molecule has 1 aromatic carbocycles. The van der Waals surface area contributed by atoms with Crippen LogP contribution in [0.3, 0.4) is 0 Å². The van der Waals surface area contributed by atoms with Crippen molar-refractivity contribution in [2.24, 2.45) is 0 Å². The van der Waals surface area contributed by atoms with Gasteiger partial charge in [0, 0.05) is 17.4 Å². The second-order valence-electron chi connectivity index (χ2n) is 7.58. The second kappa shape index (κ2) is 12.7. The number of rotatable bonds is 9. The number of unbranched alkanes of at least 4 members (excludes halogenated alkanes) is 1. The van der Waals surface area contributed by atoms with Gasteiger partial charge < -0.3 is 13.8 Å². The van der Waals surface area contributed by atoms with Crippen LogP contribution in [0.5, 0.6) is 0 Å². The molecule has 1 aliphatic rings. The molecule has 28 heavy (non-hydrogen) atoms. The summed E-state index contributed by atoms with van der Waals surface area (Å²) in [5.74, 6) is 1.26. The van der Waals surface area contributed by atoms with Gasteiger partial charge in [0.2, 0.25) is 0 Å². The van der Waals surface area contributed by atoms with Gasteiger partial charge in [0.15, 0.2) is 0 Å². The minimum Gasteiger partial charge on any atom is -0.744 e. The predicted octanol–water partition coefficient (Wildman–Crippen LogP) is 3.54. The molecular formula is C19H31NO5S3. The third-order valence-corrected chi connectivity index (χ3v) is 7.80. The van der Waals surface area contributed by atoms with Gasteiger partial charge in [0.1, 0.15) is 23.3 Å². The van der Waals surface area contributed by atoms with E-state index < -0.39 is 10.1 Å². The van der Waals surface area contributed by atoms with E-state index in [2.05, 4.69) is 21.1 Å². The number of hydrogen-bond donors (Lipinski definition) is 0. The Kier molecular flexibility index (Phi) is 11.5. The number of nitrogens with zero attached hydrogens (tertiary/aromatic N) is 1. The first kappa shape index (κ1) is 25.3. The fourth-order valence-corrected chi connectivity index (χ4v) is 5.82. The van der Waals surface area contributed by atoms with Crippen LogP contribution in [-0.4, -0.2) is 68.7 Å². The molecule has 0 N–H and O–H groups in total. The van der Waals surface area contributed by atoms with Crippen LogP contribution in [0.25, 0.3) is 0 Å². The van der Waals surface area contributed by atoms with Crippen LogP contribution in [0.2, 0.25) is 0 Å². The molecule has 160 valence electrons. The fraction of sp³-hybridized carbons (Fsp3) is 0.632. The Balaban J connectivity index is 0.000000330. The third kappa shape index (κ3) is 12.7. The monoisotopic (exact) mass is 449 g/mol. The zero-order valence-electron chi connectivity index (χ0n) is 16.8. The lowest BCUT2D eigenvalue weighted by Crippen LogP contribution is -2.38. The van der Waals surface area contributed by atoms with Crippen molar-refractivity contribution >= 4 is 37.7 Å². The number of quaternary nitrogens is 1. The number of esters is 1. The van der Waals surface area contributed by atoms with Gasteiger partial charge in [-0.05, 0) is 31.4 Å². The Morgan fingerprint density at radius 2 is 1.89 bits per heavy atom. The molecule has 1 aliphatic heterocycles. The van der Waals surface area contributed by atoms with Crippen LogP contribution in [0.4, 0.5) is 0 Å². The highest BCUT2D eigenvalue weighted by Gasteiger charge is 2.16. The molecule has 9 heteroatoms. The van der Waals surface area contributed by atoms with Crippen LogP contribution in [0.1, 0.15) is 32.1 Å². The van der Waals surface area contributed by atoms with Crippen molar-refractivity contribution < 1.29 is 27.0 Å². The number of carbonyl (C=O) groups is 1. The first-order valence-electron chi connectivity index (χ1n) is 9.33. The van der Waals surface area contributed by atoms with E-state index in [-0.39, 0.29) is 10.9 Å². The summed E-state index contributed by atoms with van der Waals surface area (Å²) >= 11 is 0. The summed E-state index contributed by atoms with van der Waals surface area (Å²) in [5, 5.41) is 0.823. The molecule has 0 aliphatic carbocycles. The maximum atomic E-state index is 11.5. The molecule has 0 amide bonds. The van der Waals surface area contributed by atoms with E-state index in [4.69, 9.17) is 4.74 Å². The lowest BCUT2D eigenvalue weighted by Gasteiger charge is -2.23. The topological polar surface area (TPSA) is 83.5 Å². The molecule has 1 aromatic rings. The molecule has 0 aromatic heterocycles. The van der Waals surface area contributed by atoms with Crippen molar-refractivity contribution in [2.75, 3.05) is 40.0 Å². The first-order chi connectivity index (χ1) is 13.1. The van der Waals surface area contributed by atoms with Gasteiger partial charge in [0.05, 0.1) is 26.0 Å². The largest absolute Gasteiger partial charge is 0.744 e. The molecular weight excluding hydrogens is 418 g/mol. The molecule has 0 radical (unpaired) electrons. The zero-order chi connectivity index (χ0) is 21.0. The standard InChI is InChI=1S/C13H26NO2S2.C6H6O3S/c1-14(2,3)9-10-16-13(15)7-5-4-6-12-8-11-17-18-12;7-10(8,9)6-4-2-1-3-5-6/h12H,4-11H2,1-3H3;1-5H,(H,7,8,9)/q+1;/p-1/t12-;/m1./s1. The van der Waals surface area contributed by atoms with Crippen molar-refractivity contribution in [3.05, 3.63) is 30.3 Å². The molecule has 2 rings (SSSR count). The van der Waals surface area contributed by atoms with Crippen LogP contribution < -0.4 is 0 Å². The number of hydrogen-bond acceptors (Lipinski definition) is 7. The van der Waals surface area contributed by atoms with E-state index in [1.165, 1.54) is 42.9 Å². The Labute approximate surface area is 177 Å². The van der Waals surface area contributed by atoms with Crippen molar-refractivity contribution in [1.29, 1.82) is 0 Å². The van der Waals surface area contributed by atoms with Gasteiger partial charge in [0.25, 0.3) is 0 Å². The first-order valence-corrected chi connectivity index (χ1v) is 13.1. The van der Waals surface area contributed by atoms with E-state index >= 15 is 0 Å². The van der Waals surface area contributed by atoms with Gasteiger partial charge in [-0.2, -0.15) is 0 Å². The highest BCUT2D eigenvalue weighted by atomic mass is 33.1. The maximum absolute atomic E-state index is 11.5. The van der Waals surface area contributed by atoms with Gasteiger partial charge in [-0.3, -0.25) is 4.79 Å². The molecule has 6 nitrogen and oxygen atoms in total. The predicted molar refractivity (Wildman–Crippen MR) is 115 cm³/mol. The highest BCUT2D eigenvalue weighted by molar-refractivity contribution is 8.77. The SMILES string of the molecule is C[N+](C)(C)CCOC(=O)CCCC[C@@H]1CCSS1.O=S(=O)([O-])c1ccccc1. The van der Waals surface area contributed by atoms with Gasteiger partial charge >= 0.3 is 5.97 Å². The van der Waals surface area contributed by atoms with E-state index in [1.807, 2.05) is 21.6 Å². The van der Waals surface area contributed by atoms with Crippen molar-refractivity contribution in [3.63, 3.8) is 0 Å². The normalized spacial score (nSPS) is 16.9. The number of ether oxygens (including phenoxy) is 1. The summed E-state index contributed by atoms with van der Waals surface area (Å²) in [6.07, 6.45) is 5.31. The lowest BCUT2D eigenvalue weighted by molar-refractivity contribution is -0.870. The lowest BCUT2D eigenvalue weighted by atomic mass is 10.1. The van der Waals surface area contributed by atoms with Crippen molar-refractivity contribution in [3.8, 4) is 0 Å². The Hall–Kier alpha value is -0.740. The zero-order valence-corrected chi connectivity index (χ0v) is 19.3. The summed E-state index contributed by atoms with van der Waals surface area (Å²) in [4.78, 5) is 11.3. The van der Waals surface area contributed by atoms with E-state index in [9.17, 15) is 17.8 Å². The van der Waals surface area contributed by atoms with E-state index in [0.29, 0.717) is 13.0 Å². The number of carbonyl (C=O) groups excluding carboxylic acids is 1. The average Bonchev–Trinajstić information content (AvgIpc) is 3.12. The van der Waals surface area contributed by atoms with Crippen LogP contribution in [0.15, 0.2) is 35.2 Å². The average molecular weight is 450 g/mol. The molecule has 1 fully saturated rings. The van der Waals surface area contributed by atoms with E-state index in [0.717, 1.165) is 29.1 Å². The molecule has 1 heterocycles. The fourth-order valence-electron chi connectivity index (χ4n) is 2.30. The summed E-state index contributed by atoms with van der Waals surface area (Å²) in [7, 11) is 6.05. The smallest absolute Gasteiger partial charge is 0.305 e. The molecule has 1 saturated heterocycles. The van der Waals surface area contributed by atoms with Gasteiger partial charge in [-0.25, -0.2) is 8.42 Å². The Morgan fingerprint density at radius 3 is 2.39 bits per heavy atom.